The lowest BCUT2D eigenvalue weighted by Crippen LogP contribution is -2.32. The van der Waals surface area contributed by atoms with E-state index in [4.69, 9.17) is 20.6 Å². The molecule has 1 aliphatic heterocycles. The number of hydrogen-bond donors (Lipinski definition) is 0. The van der Waals surface area contributed by atoms with Crippen molar-refractivity contribution in [3.8, 4) is 29.6 Å². The molecule has 32 heavy (non-hydrogen) atoms. The molecular formula is C23H19FINO5S. The lowest BCUT2D eigenvalue weighted by Gasteiger charge is -2.14. The van der Waals surface area contributed by atoms with Crippen molar-refractivity contribution >= 4 is 51.6 Å². The minimum absolute atomic E-state index is 0.0833. The molecule has 0 aromatic heterocycles. The van der Waals surface area contributed by atoms with Gasteiger partial charge in [-0.1, -0.05) is 5.92 Å². The molecule has 0 unspecified atom stereocenters. The highest BCUT2D eigenvalue weighted by Gasteiger charge is 2.34. The number of nitrogens with zero attached hydrogens (tertiary/aromatic N) is 1. The monoisotopic (exact) mass is 567 g/mol. The molecule has 0 N–H and O–H groups in total. The highest BCUT2D eigenvalue weighted by atomic mass is 127. The number of halogens is 2. The first-order valence-corrected chi connectivity index (χ1v) is 11.5. The smallest absolute Gasteiger partial charge is 0.293 e. The predicted octanol–water partition coefficient (Wildman–Crippen LogP) is 4.96. The van der Waals surface area contributed by atoms with Crippen LogP contribution in [-0.2, 0) is 4.79 Å². The molecule has 0 aliphatic carbocycles. The van der Waals surface area contributed by atoms with Crippen molar-refractivity contribution in [1.82, 2.24) is 4.90 Å². The average molecular weight is 567 g/mol. The van der Waals surface area contributed by atoms with Gasteiger partial charge in [-0.3, -0.25) is 14.5 Å². The van der Waals surface area contributed by atoms with Crippen molar-refractivity contribution in [2.75, 3.05) is 26.4 Å². The Bertz CT molecular complexity index is 1080. The van der Waals surface area contributed by atoms with Crippen molar-refractivity contribution in [2.45, 2.75) is 6.92 Å². The fourth-order valence-corrected chi connectivity index (χ4v) is 4.46. The Morgan fingerprint density at radius 1 is 1.19 bits per heavy atom. The zero-order chi connectivity index (χ0) is 23.1. The molecule has 2 aromatic rings. The maximum atomic E-state index is 13.0. The number of carbonyl (C=O) groups excluding carboxylic acids is 2. The molecule has 0 atom stereocenters. The molecule has 1 saturated heterocycles. The zero-order valence-electron chi connectivity index (χ0n) is 17.1. The van der Waals surface area contributed by atoms with Gasteiger partial charge in [0.25, 0.3) is 11.1 Å². The van der Waals surface area contributed by atoms with Gasteiger partial charge in [-0.15, -0.1) is 6.42 Å². The molecular weight excluding hydrogens is 548 g/mol. The molecule has 9 heteroatoms. The summed E-state index contributed by atoms with van der Waals surface area (Å²) in [4.78, 5) is 26.5. The fraction of sp³-hybridized carbons (Fsp3) is 0.217. The molecule has 166 valence electrons. The summed E-state index contributed by atoms with van der Waals surface area (Å²) in [5, 5.41) is -0.377. The Morgan fingerprint density at radius 2 is 1.94 bits per heavy atom. The second-order valence-electron chi connectivity index (χ2n) is 6.39. The molecule has 0 saturated carbocycles. The van der Waals surface area contributed by atoms with Crippen LogP contribution in [0.3, 0.4) is 0 Å². The van der Waals surface area contributed by atoms with Crippen LogP contribution in [0.15, 0.2) is 41.3 Å². The van der Waals surface area contributed by atoms with Crippen molar-refractivity contribution in [3.05, 3.63) is 56.3 Å². The summed E-state index contributed by atoms with van der Waals surface area (Å²) in [5.41, 5.74) is 0.693. The minimum Gasteiger partial charge on any atom is -0.492 e. The van der Waals surface area contributed by atoms with Gasteiger partial charge >= 0.3 is 0 Å². The maximum Gasteiger partial charge on any atom is 0.293 e. The molecule has 0 bridgehead atoms. The van der Waals surface area contributed by atoms with Crippen LogP contribution in [0.1, 0.15) is 12.5 Å². The predicted molar refractivity (Wildman–Crippen MR) is 129 cm³/mol. The highest BCUT2D eigenvalue weighted by molar-refractivity contribution is 14.1. The second-order valence-corrected chi connectivity index (χ2v) is 8.55. The van der Waals surface area contributed by atoms with Gasteiger partial charge < -0.3 is 14.2 Å². The Labute approximate surface area is 203 Å². The molecule has 6 nitrogen and oxygen atoms in total. The second kappa shape index (κ2) is 11.2. The SMILES string of the molecule is C#CCOc1c(I)cc(/C=C2\SC(=O)N(CCOc3ccc(F)cc3)C2=O)cc1OCC. The Kier molecular flexibility index (Phi) is 8.41. The summed E-state index contributed by atoms with van der Waals surface area (Å²) in [7, 11) is 0. The van der Waals surface area contributed by atoms with E-state index >= 15 is 0 Å². The number of ether oxygens (including phenoxy) is 3. The quantitative estimate of drug-likeness (QED) is 0.243. The number of carbonyl (C=O) groups is 2. The third kappa shape index (κ3) is 5.95. The number of benzene rings is 2. The maximum absolute atomic E-state index is 13.0. The number of imide groups is 1. The van der Waals surface area contributed by atoms with E-state index in [1.165, 1.54) is 24.3 Å². The van der Waals surface area contributed by atoms with E-state index in [0.717, 1.165) is 20.2 Å². The normalized spacial score (nSPS) is 14.6. The lowest BCUT2D eigenvalue weighted by molar-refractivity contribution is -0.123. The third-order valence-electron chi connectivity index (χ3n) is 4.20. The van der Waals surface area contributed by atoms with Crippen LogP contribution in [0.5, 0.6) is 17.2 Å². The fourth-order valence-electron chi connectivity index (χ4n) is 2.82. The topological polar surface area (TPSA) is 65.1 Å². The van der Waals surface area contributed by atoms with Gasteiger partial charge in [-0.2, -0.15) is 0 Å². The molecule has 1 heterocycles. The van der Waals surface area contributed by atoms with Crippen LogP contribution in [0.4, 0.5) is 9.18 Å². The molecule has 2 amide bonds. The van der Waals surface area contributed by atoms with Crippen LogP contribution in [0, 0.1) is 21.7 Å². The van der Waals surface area contributed by atoms with Gasteiger partial charge in [0.05, 0.1) is 21.6 Å². The van der Waals surface area contributed by atoms with Gasteiger partial charge in [0.1, 0.15) is 24.8 Å². The van der Waals surface area contributed by atoms with E-state index in [1.807, 2.05) is 13.0 Å². The molecule has 2 aromatic carbocycles. The van der Waals surface area contributed by atoms with Crippen LogP contribution in [-0.4, -0.2) is 42.4 Å². The van der Waals surface area contributed by atoms with E-state index in [-0.39, 0.29) is 30.8 Å². The number of amides is 2. The first-order valence-electron chi connectivity index (χ1n) is 9.59. The van der Waals surface area contributed by atoms with Crippen LogP contribution >= 0.6 is 34.4 Å². The Morgan fingerprint density at radius 3 is 2.62 bits per heavy atom. The first-order chi connectivity index (χ1) is 15.4. The number of rotatable bonds is 9. The summed E-state index contributed by atoms with van der Waals surface area (Å²) in [6.45, 7) is 2.57. The Hall–Kier alpha value is -2.71. The summed E-state index contributed by atoms with van der Waals surface area (Å²) < 4.78 is 30.5. The van der Waals surface area contributed by atoms with Gasteiger partial charge in [0.15, 0.2) is 11.5 Å². The van der Waals surface area contributed by atoms with E-state index < -0.39 is 5.91 Å². The highest BCUT2D eigenvalue weighted by Crippen LogP contribution is 2.37. The standard InChI is InChI=1S/C23H19FINO5S/c1-3-10-31-21-18(25)12-15(13-19(21)29-4-2)14-20-22(27)26(23(28)32-20)9-11-30-17-7-5-16(24)6-8-17/h1,5-8,12-14H,4,9-11H2,2H3/b20-14-. The van der Waals surface area contributed by atoms with Gasteiger partial charge in [-0.25, -0.2) is 4.39 Å². The molecule has 3 rings (SSSR count). The number of thioether (sulfide) groups is 1. The van der Waals surface area contributed by atoms with Gasteiger partial charge in [0, 0.05) is 0 Å². The Balaban J connectivity index is 1.71. The third-order valence-corrected chi connectivity index (χ3v) is 5.91. The van der Waals surface area contributed by atoms with E-state index in [9.17, 15) is 14.0 Å². The van der Waals surface area contributed by atoms with E-state index in [1.54, 1.807) is 12.1 Å². The summed E-state index contributed by atoms with van der Waals surface area (Å²) in [6.07, 6.45) is 6.92. The number of hydrogen-bond acceptors (Lipinski definition) is 6. The van der Waals surface area contributed by atoms with Crippen LogP contribution < -0.4 is 14.2 Å². The van der Waals surface area contributed by atoms with Gasteiger partial charge in [0.2, 0.25) is 0 Å². The average Bonchev–Trinajstić information content (AvgIpc) is 3.02. The van der Waals surface area contributed by atoms with Crippen molar-refractivity contribution in [1.29, 1.82) is 0 Å². The van der Waals surface area contributed by atoms with Crippen molar-refractivity contribution in [2.24, 2.45) is 0 Å². The van der Waals surface area contributed by atoms with Crippen molar-refractivity contribution < 1.29 is 28.2 Å². The molecule has 0 spiro atoms. The van der Waals surface area contributed by atoms with E-state index in [2.05, 4.69) is 28.5 Å². The van der Waals surface area contributed by atoms with Crippen molar-refractivity contribution in [3.63, 3.8) is 0 Å². The largest absolute Gasteiger partial charge is 0.492 e. The minimum atomic E-state index is -0.400. The summed E-state index contributed by atoms with van der Waals surface area (Å²) in [6, 6.07) is 9.08. The first kappa shape index (κ1) is 23.9. The summed E-state index contributed by atoms with van der Waals surface area (Å²) >= 11 is 2.97. The lowest BCUT2D eigenvalue weighted by atomic mass is 10.2. The van der Waals surface area contributed by atoms with Crippen LogP contribution in [0.25, 0.3) is 6.08 Å². The number of terminal acetylenes is 1. The summed E-state index contributed by atoms with van der Waals surface area (Å²) in [5.74, 6) is 3.15. The zero-order valence-corrected chi connectivity index (χ0v) is 20.1. The molecule has 1 fully saturated rings. The van der Waals surface area contributed by atoms with Gasteiger partial charge in [-0.05, 0) is 89.3 Å². The van der Waals surface area contributed by atoms with Crippen LogP contribution in [0.2, 0.25) is 0 Å². The molecule has 0 radical (unpaired) electrons. The molecule has 1 aliphatic rings. The van der Waals surface area contributed by atoms with E-state index in [0.29, 0.717) is 34.3 Å².